The van der Waals surface area contributed by atoms with Crippen molar-refractivity contribution in [2.75, 3.05) is 0 Å². The van der Waals surface area contributed by atoms with Gasteiger partial charge in [-0.25, -0.2) is 0 Å². The van der Waals surface area contributed by atoms with Gasteiger partial charge in [0.25, 0.3) is 0 Å². The van der Waals surface area contributed by atoms with Gasteiger partial charge >= 0.3 is 0 Å². The second kappa shape index (κ2) is 7.64. The summed E-state index contributed by atoms with van der Waals surface area (Å²) in [7, 11) is 0. The van der Waals surface area contributed by atoms with Gasteiger partial charge < -0.3 is 9.84 Å². The summed E-state index contributed by atoms with van der Waals surface area (Å²) in [6, 6.07) is 23.2. The highest BCUT2D eigenvalue weighted by Gasteiger charge is 2.52. The Kier molecular flexibility index (Phi) is 4.84. The molecule has 0 spiro atoms. The number of fused-ring (bicyclic) bond motifs is 2. The lowest BCUT2D eigenvalue weighted by molar-refractivity contribution is 0.281. The van der Waals surface area contributed by atoms with E-state index in [2.05, 4.69) is 53.5 Å². The van der Waals surface area contributed by atoms with Crippen LogP contribution < -0.4 is 4.74 Å². The molecule has 148 valence electrons. The Morgan fingerprint density at radius 1 is 0.931 bits per heavy atom. The van der Waals surface area contributed by atoms with Crippen LogP contribution in [-0.4, -0.2) is 10.1 Å². The lowest BCUT2D eigenvalue weighted by atomic mass is 9.64. The average molecular weight is 386 g/mol. The highest BCUT2D eigenvalue weighted by atomic mass is 16.5. The molecule has 29 heavy (non-hydrogen) atoms. The Morgan fingerprint density at radius 3 is 2.28 bits per heavy atom. The summed E-state index contributed by atoms with van der Waals surface area (Å²) in [5, 5.41) is 9.43. The maximum absolute atomic E-state index is 9.43. The van der Waals surface area contributed by atoms with Crippen LogP contribution in [0.2, 0.25) is 0 Å². The number of pyridine rings is 1. The van der Waals surface area contributed by atoms with Gasteiger partial charge in [0.2, 0.25) is 0 Å². The summed E-state index contributed by atoms with van der Waals surface area (Å²) in [5.41, 5.74) is 4.79. The normalized spacial score (nSPS) is 25.3. The second-order valence-electron chi connectivity index (χ2n) is 8.54. The standard InChI is InChI=1S/C26H27NO2/c28-17-19-4-7-21(8-5-19)26(16-20-6-9-23(26)15-20)22-10-12-25(13-11-22)29-18-24-3-1-2-14-27-24/h1-5,7-8,10-14,20,23,28H,6,9,15-18H2/t20?,23?,26-/m1/s1. The molecule has 5 rings (SSSR count). The van der Waals surface area contributed by atoms with Crippen molar-refractivity contribution >= 4 is 0 Å². The van der Waals surface area contributed by atoms with Crippen LogP contribution in [0.15, 0.2) is 72.9 Å². The van der Waals surface area contributed by atoms with E-state index in [9.17, 15) is 5.11 Å². The van der Waals surface area contributed by atoms with Crippen molar-refractivity contribution in [2.24, 2.45) is 11.8 Å². The molecule has 0 saturated heterocycles. The first kappa shape index (κ1) is 18.4. The summed E-state index contributed by atoms with van der Waals surface area (Å²) in [6.45, 7) is 0.584. The maximum atomic E-state index is 9.43. The largest absolute Gasteiger partial charge is 0.487 e. The lowest BCUT2D eigenvalue weighted by Crippen LogP contribution is -2.34. The van der Waals surface area contributed by atoms with Gasteiger partial charge in [0.15, 0.2) is 0 Å². The number of aliphatic hydroxyl groups excluding tert-OH is 1. The number of aromatic nitrogens is 1. The predicted molar refractivity (Wildman–Crippen MR) is 114 cm³/mol. The molecule has 2 unspecified atom stereocenters. The number of aliphatic hydroxyl groups is 1. The summed E-state index contributed by atoms with van der Waals surface area (Å²) in [6.07, 6.45) is 7.03. The van der Waals surface area contributed by atoms with Crippen LogP contribution in [-0.2, 0) is 18.6 Å². The molecule has 0 radical (unpaired) electrons. The molecule has 2 aliphatic carbocycles. The Morgan fingerprint density at radius 2 is 1.69 bits per heavy atom. The zero-order valence-corrected chi connectivity index (χ0v) is 16.6. The van der Waals surface area contributed by atoms with Gasteiger partial charge in [-0.3, -0.25) is 4.98 Å². The van der Waals surface area contributed by atoms with Crippen LogP contribution in [0.1, 0.15) is 48.1 Å². The average Bonchev–Trinajstić information content (AvgIpc) is 3.41. The van der Waals surface area contributed by atoms with Crippen molar-refractivity contribution < 1.29 is 9.84 Å². The number of benzene rings is 2. The molecule has 2 aliphatic rings. The smallest absolute Gasteiger partial charge is 0.130 e. The van der Waals surface area contributed by atoms with E-state index >= 15 is 0 Å². The molecular formula is C26H27NO2. The molecule has 1 N–H and O–H groups in total. The molecular weight excluding hydrogens is 358 g/mol. The SMILES string of the molecule is OCc1ccc([C@@]2(c3ccc(OCc4ccccn4)cc3)CC3CCC2C3)cc1. The van der Waals surface area contributed by atoms with Gasteiger partial charge in [0.1, 0.15) is 12.4 Å². The third-order valence-corrected chi connectivity index (χ3v) is 6.98. The number of nitrogens with zero attached hydrogens (tertiary/aromatic N) is 1. The molecule has 0 aliphatic heterocycles. The van der Waals surface area contributed by atoms with Crippen molar-refractivity contribution in [3.8, 4) is 5.75 Å². The van der Waals surface area contributed by atoms with Crippen molar-refractivity contribution in [1.29, 1.82) is 0 Å². The van der Waals surface area contributed by atoms with E-state index in [1.54, 1.807) is 6.20 Å². The number of ether oxygens (including phenoxy) is 1. The van der Waals surface area contributed by atoms with Gasteiger partial charge in [-0.05, 0) is 72.1 Å². The van der Waals surface area contributed by atoms with E-state index in [4.69, 9.17) is 4.74 Å². The predicted octanol–water partition coefficient (Wildman–Crippen LogP) is 5.26. The van der Waals surface area contributed by atoms with Gasteiger partial charge in [0.05, 0.1) is 12.3 Å². The topological polar surface area (TPSA) is 42.4 Å². The van der Waals surface area contributed by atoms with Crippen molar-refractivity contribution in [1.82, 2.24) is 4.98 Å². The van der Waals surface area contributed by atoms with Gasteiger partial charge in [-0.15, -0.1) is 0 Å². The second-order valence-corrected chi connectivity index (χ2v) is 8.54. The van der Waals surface area contributed by atoms with Crippen LogP contribution in [0.4, 0.5) is 0 Å². The van der Waals surface area contributed by atoms with Crippen LogP contribution in [0.25, 0.3) is 0 Å². The summed E-state index contributed by atoms with van der Waals surface area (Å²) in [4.78, 5) is 4.32. The fourth-order valence-corrected chi connectivity index (χ4v) is 5.60. The highest BCUT2D eigenvalue weighted by molar-refractivity contribution is 5.45. The number of hydrogen-bond acceptors (Lipinski definition) is 3. The Hall–Kier alpha value is -2.65. The number of hydrogen-bond donors (Lipinski definition) is 1. The van der Waals surface area contributed by atoms with Crippen LogP contribution in [0.3, 0.4) is 0 Å². The number of rotatable bonds is 6. The van der Waals surface area contributed by atoms with Gasteiger partial charge in [0, 0.05) is 11.6 Å². The zero-order chi connectivity index (χ0) is 19.7. The van der Waals surface area contributed by atoms with E-state index < -0.39 is 0 Å². The first-order valence-electron chi connectivity index (χ1n) is 10.6. The highest BCUT2D eigenvalue weighted by Crippen LogP contribution is 2.60. The fraction of sp³-hybridized carbons (Fsp3) is 0.346. The lowest BCUT2D eigenvalue weighted by Gasteiger charge is -2.39. The minimum Gasteiger partial charge on any atom is -0.487 e. The molecule has 2 bridgehead atoms. The zero-order valence-electron chi connectivity index (χ0n) is 16.6. The van der Waals surface area contributed by atoms with Crippen molar-refractivity contribution in [3.63, 3.8) is 0 Å². The third kappa shape index (κ3) is 3.34. The molecule has 2 aromatic carbocycles. The Bertz CT molecular complexity index is 952. The minimum atomic E-state index is 0.0937. The molecule has 3 nitrogen and oxygen atoms in total. The molecule has 1 aromatic heterocycles. The van der Waals surface area contributed by atoms with Gasteiger partial charge in [-0.1, -0.05) is 48.9 Å². The molecule has 3 heteroatoms. The molecule has 3 atom stereocenters. The summed E-state index contributed by atoms with van der Waals surface area (Å²) >= 11 is 0. The Labute approximate surface area is 172 Å². The van der Waals surface area contributed by atoms with Crippen molar-refractivity contribution in [2.45, 2.75) is 44.3 Å². The van der Waals surface area contributed by atoms with Crippen LogP contribution in [0, 0.1) is 11.8 Å². The summed E-state index contributed by atoms with van der Waals surface area (Å²) < 4.78 is 5.95. The minimum absolute atomic E-state index is 0.0937. The first-order valence-corrected chi connectivity index (χ1v) is 10.6. The van der Waals surface area contributed by atoms with E-state index in [-0.39, 0.29) is 12.0 Å². The van der Waals surface area contributed by atoms with E-state index in [0.29, 0.717) is 12.5 Å². The fourth-order valence-electron chi connectivity index (χ4n) is 5.60. The van der Waals surface area contributed by atoms with E-state index in [0.717, 1.165) is 22.9 Å². The third-order valence-electron chi connectivity index (χ3n) is 6.98. The molecule has 0 amide bonds. The Balaban J connectivity index is 1.42. The molecule has 2 saturated carbocycles. The van der Waals surface area contributed by atoms with E-state index in [1.165, 1.54) is 36.8 Å². The summed E-state index contributed by atoms with van der Waals surface area (Å²) in [5.74, 6) is 2.42. The quantitative estimate of drug-likeness (QED) is 0.629. The molecule has 2 fully saturated rings. The molecule has 3 aromatic rings. The van der Waals surface area contributed by atoms with E-state index in [1.807, 2.05) is 18.2 Å². The molecule has 1 heterocycles. The van der Waals surface area contributed by atoms with Gasteiger partial charge in [-0.2, -0.15) is 0 Å². The van der Waals surface area contributed by atoms with Crippen LogP contribution in [0.5, 0.6) is 5.75 Å². The first-order chi connectivity index (χ1) is 14.3. The monoisotopic (exact) mass is 385 g/mol. The van der Waals surface area contributed by atoms with Crippen LogP contribution >= 0.6 is 0 Å². The maximum Gasteiger partial charge on any atom is 0.130 e. The van der Waals surface area contributed by atoms with Crippen molar-refractivity contribution in [3.05, 3.63) is 95.3 Å².